The third-order valence-electron chi connectivity index (χ3n) is 3.45. The molecule has 0 aliphatic heterocycles. The number of aromatic amines is 1. The highest BCUT2D eigenvalue weighted by Gasteiger charge is 2.38. The molecule has 0 amide bonds. The van der Waals surface area contributed by atoms with Crippen molar-refractivity contribution in [2.45, 2.75) is 20.0 Å². The molecule has 26 heavy (non-hydrogen) atoms. The summed E-state index contributed by atoms with van der Waals surface area (Å²) in [6.45, 7) is 4.06. The van der Waals surface area contributed by atoms with Gasteiger partial charge in [-0.3, -0.25) is 10.1 Å². The highest BCUT2D eigenvalue weighted by molar-refractivity contribution is 5.73. The standard InChI is InChI=1S/C16H15N3.C2HF3O2/c1-11-6-7-15(12(2)18-11)13-4-3-5-14(10-13)16-8-9-17-19-16;3-2(4,5)1(6)7/h3-10H,1-2H3,(H,17,19);(H,6,7). The molecule has 0 radical (unpaired) electrons. The molecule has 136 valence electrons. The van der Waals surface area contributed by atoms with E-state index in [4.69, 9.17) is 9.90 Å². The molecule has 2 N–H and O–H groups in total. The summed E-state index contributed by atoms with van der Waals surface area (Å²) in [5, 5.41) is 14.1. The Hall–Kier alpha value is -3.16. The van der Waals surface area contributed by atoms with E-state index in [1.165, 1.54) is 11.1 Å². The van der Waals surface area contributed by atoms with Crippen LogP contribution in [0.2, 0.25) is 0 Å². The van der Waals surface area contributed by atoms with Crippen LogP contribution in [0.15, 0.2) is 48.7 Å². The summed E-state index contributed by atoms with van der Waals surface area (Å²) in [6.07, 6.45) is -3.32. The number of carboxylic acids is 1. The Morgan fingerprint density at radius 3 is 2.27 bits per heavy atom. The van der Waals surface area contributed by atoms with E-state index in [9.17, 15) is 13.2 Å². The Morgan fingerprint density at radius 2 is 1.73 bits per heavy atom. The van der Waals surface area contributed by atoms with E-state index in [0.29, 0.717) is 0 Å². The lowest BCUT2D eigenvalue weighted by molar-refractivity contribution is -0.192. The summed E-state index contributed by atoms with van der Waals surface area (Å²) >= 11 is 0. The number of nitrogens with one attached hydrogen (secondary N) is 1. The number of benzene rings is 1. The Balaban J connectivity index is 0.000000298. The number of alkyl halides is 3. The predicted octanol–water partition coefficient (Wildman–Crippen LogP) is 4.39. The van der Waals surface area contributed by atoms with Crippen LogP contribution in [-0.2, 0) is 4.79 Å². The van der Waals surface area contributed by atoms with Crippen LogP contribution in [-0.4, -0.2) is 32.4 Å². The van der Waals surface area contributed by atoms with Gasteiger partial charge in [0.25, 0.3) is 0 Å². The topological polar surface area (TPSA) is 78.9 Å². The van der Waals surface area contributed by atoms with E-state index in [2.05, 4.69) is 45.5 Å². The first-order valence-electron chi connectivity index (χ1n) is 7.53. The van der Waals surface area contributed by atoms with Gasteiger partial charge in [0.2, 0.25) is 0 Å². The van der Waals surface area contributed by atoms with Crippen molar-refractivity contribution in [3.63, 3.8) is 0 Å². The van der Waals surface area contributed by atoms with E-state index >= 15 is 0 Å². The Bertz CT molecular complexity index is 891. The zero-order valence-electron chi connectivity index (χ0n) is 14.0. The van der Waals surface area contributed by atoms with Crippen molar-refractivity contribution in [3.05, 3.63) is 60.0 Å². The molecule has 0 spiro atoms. The van der Waals surface area contributed by atoms with Crippen LogP contribution in [0.4, 0.5) is 13.2 Å². The highest BCUT2D eigenvalue weighted by Crippen LogP contribution is 2.26. The fourth-order valence-electron chi connectivity index (χ4n) is 2.26. The van der Waals surface area contributed by atoms with Gasteiger partial charge in [-0.2, -0.15) is 18.3 Å². The van der Waals surface area contributed by atoms with Crippen LogP contribution in [0.5, 0.6) is 0 Å². The number of H-pyrrole nitrogens is 1. The molecule has 0 fully saturated rings. The largest absolute Gasteiger partial charge is 0.490 e. The number of rotatable bonds is 2. The van der Waals surface area contributed by atoms with Crippen molar-refractivity contribution in [2.75, 3.05) is 0 Å². The number of aromatic nitrogens is 3. The second kappa shape index (κ2) is 7.81. The molecule has 0 atom stereocenters. The van der Waals surface area contributed by atoms with Gasteiger partial charge in [0.05, 0.1) is 5.69 Å². The van der Waals surface area contributed by atoms with Crippen molar-refractivity contribution in [1.82, 2.24) is 15.2 Å². The minimum Gasteiger partial charge on any atom is -0.475 e. The third kappa shape index (κ3) is 4.92. The minimum absolute atomic E-state index is 1.03. The molecular weight excluding hydrogens is 347 g/mol. The maximum Gasteiger partial charge on any atom is 0.490 e. The zero-order chi connectivity index (χ0) is 19.3. The van der Waals surface area contributed by atoms with Gasteiger partial charge in [0.1, 0.15) is 0 Å². The Kier molecular flexibility index (Phi) is 5.76. The van der Waals surface area contributed by atoms with E-state index < -0.39 is 12.1 Å². The van der Waals surface area contributed by atoms with Crippen molar-refractivity contribution < 1.29 is 23.1 Å². The lowest BCUT2D eigenvalue weighted by Gasteiger charge is -2.08. The molecule has 2 heterocycles. The van der Waals surface area contributed by atoms with Gasteiger partial charge in [-0.1, -0.05) is 24.3 Å². The summed E-state index contributed by atoms with van der Waals surface area (Å²) in [7, 11) is 0. The number of nitrogens with zero attached hydrogens (tertiary/aromatic N) is 2. The number of halogens is 3. The van der Waals surface area contributed by atoms with Gasteiger partial charge >= 0.3 is 12.1 Å². The van der Waals surface area contributed by atoms with Gasteiger partial charge in [-0.15, -0.1) is 0 Å². The lowest BCUT2D eigenvalue weighted by atomic mass is 10.0. The minimum atomic E-state index is -5.08. The van der Waals surface area contributed by atoms with E-state index in [-0.39, 0.29) is 0 Å². The number of aliphatic carboxylic acids is 1. The van der Waals surface area contributed by atoms with Gasteiger partial charge in [0, 0.05) is 28.7 Å². The first-order valence-corrected chi connectivity index (χ1v) is 7.53. The molecule has 8 heteroatoms. The molecule has 3 aromatic rings. The number of aryl methyl sites for hydroxylation is 2. The number of pyridine rings is 1. The fourth-order valence-corrected chi connectivity index (χ4v) is 2.26. The van der Waals surface area contributed by atoms with Gasteiger partial charge in [-0.25, -0.2) is 4.79 Å². The number of carboxylic acid groups (broad SMARTS) is 1. The molecule has 0 saturated heterocycles. The molecule has 1 aromatic carbocycles. The molecule has 3 rings (SSSR count). The smallest absolute Gasteiger partial charge is 0.475 e. The molecular formula is C18H16F3N3O2. The first kappa shape index (κ1) is 19.2. The third-order valence-corrected chi connectivity index (χ3v) is 3.45. The van der Waals surface area contributed by atoms with Crippen LogP contribution >= 0.6 is 0 Å². The van der Waals surface area contributed by atoms with Gasteiger partial charge in [0.15, 0.2) is 0 Å². The van der Waals surface area contributed by atoms with E-state index in [1.807, 2.05) is 26.0 Å². The van der Waals surface area contributed by atoms with Crippen LogP contribution in [0.25, 0.3) is 22.4 Å². The van der Waals surface area contributed by atoms with Crippen molar-refractivity contribution >= 4 is 5.97 Å². The summed E-state index contributed by atoms with van der Waals surface area (Å²) in [4.78, 5) is 13.4. The second-order valence-corrected chi connectivity index (χ2v) is 5.44. The molecule has 0 aliphatic rings. The molecule has 0 unspecified atom stereocenters. The molecule has 0 bridgehead atoms. The zero-order valence-corrected chi connectivity index (χ0v) is 14.0. The summed E-state index contributed by atoms with van der Waals surface area (Å²) < 4.78 is 31.7. The van der Waals surface area contributed by atoms with Crippen LogP contribution in [0, 0.1) is 13.8 Å². The number of carbonyl (C=O) groups is 1. The summed E-state index contributed by atoms with van der Waals surface area (Å²) in [5.74, 6) is -2.76. The average Bonchev–Trinajstić information content (AvgIpc) is 3.09. The quantitative estimate of drug-likeness (QED) is 0.708. The lowest BCUT2D eigenvalue weighted by Crippen LogP contribution is -2.21. The van der Waals surface area contributed by atoms with Gasteiger partial charge < -0.3 is 5.11 Å². The van der Waals surface area contributed by atoms with Crippen LogP contribution in [0.3, 0.4) is 0 Å². The predicted molar refractivity (Wildman–Crippen MR) is 90.4 cm³/mol. The molecule has 0 saturated carbocycles. The van der Waals surface area contributed by atoms with E-state index in [1.54, 1.807) is 6.20 Å². The number of hydrogen-bond acceptors (Lipinski definition) is 3. The highest BCUT2D eigenvalue weighted by atomic mass is 19.4. The van der Waals surface area contributed by atoms with Crippen molar-refractivity contribution in [3.8, 4) is 22.4 Å². The Morgan fingerprint density at radius 1 is 1.08 bits per heavy atom. The molecule has 0 aliphatic carbocycles. The summed E-state index contributed by atoms with van der Waals surface area (Å²) in [6, 6.07) is 14.6. The van der Waals surface area contributed by atoms with Crippen molar-refractivity contribution in [2.24, 2.45) is 0 Å². The normalized spacial score (nSPS) is 10.8. The Labute approximate surface area is 147 Å². The SMILES string of the molecule is Cc1ccc(-c2cccc(-c3ccn[nH]3)c2)c(C)n1.O=C(O)C(F)(F)F. The van der Waals surface area contributed by atoms with Crippen molar-refractivity contribution in [1.29, 1.82) is 0 Å². The van der Waals surface area contributed by atoms with Crippen LogP contribution < -0.4 is 0 Å². The van der Waals surface area contributed by atoms with Crippen LogP contribution in [0.1, 0.15) is 11.4 Å². The molecule has 5 nitrogen and oxygen atoms in total. The molecule has 2 aromatic heterocycles. The maximum atomic E-state index is 10.6. The maximum absolute atomic E-state index is 10.6. The fraction of sp³-hybridized carbons (Fsp3) is 0.167. The first-order chi connectivity index (χ1) is 12.2. The monoisotopic (exact) mass is 363 g/mol. The van der Waals surface area contributed by atoms with Gasteiger partial charge in [-0.05, 0) is 37.6 Å². The second-order valence-electron chi connectivity index (χ2n) is 5.44. The summed E-state index contributed by atoms with van der Waals surface area (Å²) in [5.41, 5.74) is 6.62. The average molecular weight is 363 g/mol. The number of hydrogen-bond donors (Lipinski definition) is 2. The van der Waals surface area contributed by atoms with E-state index in [0.717, 1.165) is 22.6 Å².